The zero-order valence-electron chi connectivity index (χ0n) is 9.14. The molecule has 0 amide bonds. The summed E-state index contributed by atoms with van der Waals surface area (Å²) in [7, 11) is 1.94. The van der Waals surface area contributed by atoms with E-state index in [9.17, 15) is 0 Å². The van der Waals surface area contributed by atoms with Crippen LogP contribution in [0.25, 0.3) is 10.3 Å². The average Bonchev–Trinajstić information content (AvgIpc) is 2.78. The second-order valence-electron chi connectivity index (χ2n) is 3.88. The minimum absolute atomic E-state index is 0.0953. The van der Waals surface area contributed by atoms with Gasteiger partial charge in [0.25, 0.3) is 0 Å². The molecule has 3 heterocycles. The summed E-state index contributed by atoms with van der Waals surface area (Å²) in [6, 6.07) is 0. The fourth-order valence-electron chi connectivity index (χ4n) is 2.11. The van der Waals surface area contributed by atoms with Gasteiger partial charge in [-0.25, -0.2) is 4.98 Å². The molecule has 0 fully saturated rings. The van der Waals surface area contributed by atoms with Gasteiger partial charge in [0.2, 0.25) is 0 Å². The molecule has 2 aromatic heterocycles. The molecule has 0 saturated carbocycles. The Balaban J connectivity index is 2.11. The topological polar surface area (TPSA) is 52.0 Å². The van der Waals surface area contributed by atoms with Gasteiger partial charge in [0.05, 0.1) is 15.9 Å². The molecule has 0 spiro atoms. The summed E-state index contributed by atoms with van der Waals surface area (Å²) >= 11 is 1.65. The van der Waals surface area contributed by atoms with E-state index in [0.29, 0.717) is 0 Å². The maximum absolute atomic E-state index is 5.86. The summed E-state index contributed by atoms with van der Waals surface area (Å²) in [4.78, 5) is 4.26. The van der Waals surface area contributed by atoms with E-state index in [1.165, 1.54) is 10.4 Å². The van der Waals surface area contributed by atoms with Crippen molar-refractivity contribution >= 4 is 21.7 Å². The zero-order valence-corrected chi connectivity index (χ0v) is 9.96. The molecule has 0 radical (unpaired) electrons. The van der Waals surface area contributed by atoms with Crippen molar-refractivity contribution in [1.29, 1.82) is 0 Å². The van der Waals surface area contributed by atoms with Crippen LogP contribution in [0.15, 0.2) is 5.51 Å². The number of fused-ring (bicyclic) bond motifs is 3. The third kappa shape index (κ3) is 1.53. The molecule has 5 nitrogen and oxygen atoms in total. The van der Waals surface area contributed by atoms with E-state index in [0.717, 1.165) is 31.8 Å². The van der Waals surface area contributed by atoms with Crippen molar-refractivity contribution in [1.82, 2.24) is 20.1 Å². The molecule has 0 aliphatic carbocycles. The molecule has 1 atom stereocenters. The van der Waals surface area contributed by atoms with Crippen LogP contribution in [0.5, 0.6) is 0 Å². The fourth-order valence-corrected chi connectivity index (χ4v) is 2.93. The van der Waals surface area contributed by atoms with Crippen LogP contribution in [0.1, 0.15) is 18.2 Å². The summed E-state index contributed by atoms with van der Waals surface area (Å²) in [6.45, 7) is 2.55. The molecule has 16 heavy (non-hydrogen) atoms. The monoisotopic (exact) mass is 238 g/mol. The third-order valence-electron chi connectivity index (χ3n) is 2.80. The van der Waals surface area contributed by atoms with Crippen molar-refractivity contribution in [3.05, 3.63) is 11.2 Å². The molecule has 2 aromatic rings. The smallest absolute Gasteiger partial charge is 0.192 e. The van der Waals surface area contributed by atoms with Crippen LogP contribution in [0, 0.1) is 0 Å². The summed E-state index contributed by atoms with van der Waals surface area (Å²) < 4.78 is 9.09. The Bertz CT molecular complexity index is 492. The number of aryl methyl sites for hydroxylation is 1. The summed E-state index contributed by atoms with van der Waals surface area (Å²) in [6.07, 6.45) is 1.11. The molecule has 0 aromatic carbocycles. The first-order valence-corrected chi connectivity index (χ1v) is 6.34. The molecule has 86 valence electrons. The number of rotatable bonds is 2. The van der Waals surface area contributed by atoms with Crippen LogP contribution in [-0.2, 0) is 11.3 Å². The number of thiazole rings is 1. The molecular formula is C10H14N4OS. The van der Waals surface area contributed by atoms with Gasteiger partial charge in [0, 0.05) is 19.7 Å². The van der Waals surface area contributed by atoms with Crippen LogP contribution < -0.4 is 5.32 Å². The maximum atomic E-state index is 5.86. The van der Waals surface area contributed by atoms with E-state index < -0.39 is 0 Å². The average molecular weight is 238 g/mol. The highest BCUT2D eigenvalue weighted by Gasteiger charge is 2.24. The van der Waals surface area contributed by atoms with Crippen molar-refractivity contribution in [3.63, 3.8) is 0 Å². The van der Waals surface area contributed by atoms with Crippen molar-refractivity contribution in [2.45, 2.75) is 19.1 Å². The number of nitrogens with zero attached hydrogens (tertiary/aromatic N) is 3. The Morgan fingerprint density at radius 2 is 2.62 bits per heavy atom. The Morgan fingerprint density at radius 1 is 1.69 bits per heavy atom. The molecule has 1 aliphatic heterocycles. The quantitative estimate of drug-likeness (QED) is 0.853. The minimum Gasteiger partial charge on any atom is -0.370 e. The van der Waals surface area contributed by atoms with Crippen molar-refractivity contribution in [3.8, 4) is 0 Å². The normalized spacial score (nSPS) is 20.9. The lowest BCUT2D eigenvalue weighted by Gasteiger charge is -2.14. The predicted octanol–water partition coefficient (Wildman–Crippen LogP) is 1.17. The Morgan fingerprint density at radius 3 is 3.50 bits per heavy atom. The van der Waals surface area contributed by atoms with Gasteiger partial charge in [-0.1, -0.05) is 0 Å². The number of nitrogens with one attached hydrogen (secondary N) is 1. The van der Waals surface area contributed by atoms with Gasteiger partial charge in [0.15, 0.2) is 5.65 Å². The summed E-state index contributed by atoms with van der Waals surface area (Å²) in [5, 5.41) is 7.68. The van der Waals surface area contributed by atoms with Crippen molar-refractivity contribution in [2.24, 2.45) is 0 Å². The summed E-state index contributed by atoms with van der Waals surface area (Å²) in [5.41, 5.74) is 3.88. The molecular weight excluding hydrogens is 224 g/mol. The van der Waals surface area contributed by atoms with E-state index in [1.54, 1.807) is 11.3 Å². The van der Waals surface area contributed by atoms with Crippen LogP contribution in [-0.4, -0.2) is 35.0 Å². The SMILES string of the molecule is CNC[C@H]1OCCCn2nc3ncsc3c21. The van der Waals surface area contributed by atoms with E-state index in [1.807, 2.05) is 12.6 Å². The third-order valence-corrected chi connectivity index (χ3v) is 3.64. The van der Waals surface area contributed by atoms with Gasteiger partial charge in [-0.3, -0.25) is 4.68 Å². The second-order valence-corrected chi connectivity index (χ2v) is 4.74. The first kappa shape index (κ1) is 10.2. The van der Waals surface area contributed by atoms with Gasteiger partial charge < -0.3 is 10.1 Å². The molecule has 1 aliphatic rings. The largest absolute Gasteiger partial charge is 0.370 e. The van der Waals surface area contributed by atoms with Crippen molar-refractivity contribution in [2.75, 3.05) is 20.2 Å². The van der Waals surface area contributed by atoms with Crippen LogP contribution in [0.4, 0.5) is 0 Å². The predicted molar refractivity (Wildman–Crippen MR) is 62.6 cm³/mol. The van der Waals surface area contributed by atoms with E-state index in [2.05, 4.69) is 20.1 Å². The van der Waals surface area contributed by atoms with Gasteiger partial charge in [-0.2, -0.15) is 5.10 Å². The van der Waals surface area contributed by atoms with Crippen LogP contribution >= 0.6 is 11.3 Å². The van der Waals surface area contributed by atoms with E-state index >= 15 is 0 Å². The van der Waals surface area contributed by atoms with Crippen LogP contribution in [0.3, 0.4) is 0 Å². The number of ether oxygens (including phenoxy) is 1. The van der Waals surface area contributed by atoms with E-state index in [4.69, 9.17) is 4.74 Å². The van der Waals surface area contributed by atoms with Gasteiger partial charge in [-0.15, -0.1) is 11.3 Å². The van der Waals surface area contributed by atoms with Gasteiger partial charge >= 0.3 is 0 Å². The zero-order chi connectivity index (χ0) is 11.0. The highest BCUT2D eigenvalue weighted by molar-refractivity contribution is 7.16. The Hall–Kier alpha value is -0.980. The number of hydrogen-bond donors (Lipinski definition) is 1. The molecule has 3 rings (SSSR count). The molecule has 6 heteroatoms. The van der Waals surface area contributed by atoms with Gasteiger partial charge in [-0.05, 0) is 13.5 Å². The number of aromatic nitrogens is 3. The highest BCUT2D eigenvalue weighted by atomic mass is 32.1. The Kier molecular flexibility index (Phi) is 2.62. The lowest BCUT2D eigenvalue weighted by Crippen LogP contribution is -2.20. The van der Waals surface area contributed by atoms with Crippen molar-refractivity contribution < 1.29 is 4.74 Å². The number of likely N-dealkylation sites (N-methyl/N-ethyl adjacent to an activating group) is 1. The lowest BCUT2D eigenvalue weighted by molar-refractivity contribution is 0.0582. The highest BCUT2D eigenvalue weighted by Crippen LogP contribution is 2.30. The van der Waals surface area contributed by atoms with E-state index in [-0.39, 0.29) is 6.10 Å². The maximum Gasteiger partial charge on any atom is 0.192 e. The van der Waals surface area contributed by atoms with Gasteiger partial charge in [0.1, 0.15) is 6.10 Å². The minimum atomic E-state index is 0.0953. The Labute approximate surface area is 97.4 Å². The molecule has 0 saturated heterocycles. The standard InChI is InChI=1S/C10H14N4OS/c1-11-5-7-8-9-10(12-6-16-9)13-14(8)3-2-4-15-7/h6-7,11H,2-5H2,1H3/t7-/m1/s1. The second kappa shape index (κ2) is 4.12. The summed E-state index contributed by atoms with van der Waals surface area (Å²) in [5.74, 6) is 0. The van der Waals surface area contributed by atoms with Crippen LogP contribution in [0.2, 0.25) is 0 Å². The lowest BCUT2D eigenvalue weighted by atomic mass is 10.2. The molecule has 0 unspecified atom stereocenters. The molecule has 0 bridgehead atoms. The first-order valence-electron chi connectivity index (χ1n) is 5.46. The number of hydrogen-bond acceptors (Lipinski definition) is 5. The molecule has 1 N–H and O–H groups in total. The first-order chi connectivity index (χ1) is 7.90. The fraction of sp³-hybridized carbons (Fsp3) is 0.600.